The first-order chi connectivity index (χ1) is 15.9. The van der Waals surface area contributed by atoms with Gasteiger partial charge in [0.2, 0.25) is 5.91 Å². The second-order valence-electron chi connectivity index (χ2n) is 7.18. The number of carbonyl (C=O) groups excluding carboxylic acids is 3. The Balaban J connectivity index is 1.62. The molecule has 33 heavy (non-hydrogen) atoms. The summed E-state index contributed by atoms with van der Waals surface area (Å²) in [6.07, 6.45) is 1.50. The lowest BCUT2D eigenvalue weighted by Gasteiger charge is -2.12. The maximum Gasteiger partial charge on any atom is 0.329 e. The average molecular weight is 449 g/mol. The molecule has 1 heterocycles. The number of ether oxygens (including phenoxy) is 2. The van der Waals surface area contributed by atoms with E-state index in [9.17, 15) is 18.8 Å². The molecule has 0 saturated carbocycles. The smallest absolute Gasteiger partial charge is 0.329 e. The molecule has 1 saturated heterocycles. The second kappa shape index (κ2) is 8.99. The van der Waals surface area contributed by atoms with Gasteiger partial charge in [-0.3, -0.25) is 9.59 Å². The third-order valence-corrected chi connectivity index (χ3v) is 5.15. The van der Waals surface area contributed by atoms with Gasteiger partial charge in [-0.2, -0.15) is 0 Å². The average Bonchev–Trinajstić information content (AvgIpc) is 3.07. The number of urea groups is 1. The zero-order valence-electron chi connectivity index (χ0n) is 17.8. The first-order valence-corrected chi connectivity index (χ1v) is 9.95. The minimum atomic E-state index is -0.758. The monoisotopic (exact) mass is 449 g/mol. The van der Waals surface area contributed by atoms with Crippen LogP contribution in [0.2, 0.25) is 0 Å². The number of hydrogen-bond donors (Lipinski definition) is 2. The van der Waals surface area contributed by atoms with Crippen LogP contribution in [0.4, 0.5) is 14.9 Å². The van der Waals surface area contributed by atoms with Crippen LogP contribution in [0.15, 0.2) is 60.3 Å². The van der Waals surface area contributed by atoms with Crippen molar-refractivity contribution in [1.82, 2.24) is 10.2 Å². The highest BCUT2D eigenvalue weighted by Gasteiger charge is 2.35. The van der Waals surface area contributed by atoms with Crippen LogP contribution in [0, 0.1) is 5.82 Å². The molecule has 0 aliphatic carbocycles. The summed E-state index contributed by atoms with van der Waals surface area (Å²) in [5, 5.41) is 6.47. The summed E-state index contributed by atoms with van der Waals surface area (Å²) in [5.41, 5.74) is 0.502. The van der Waals surface area contributed by atoms with Crippen LogP contribution in [0.1, 0.15) is 5.56 Å². The van der Waals surface area contributed by atoms with Gasteiger partial charge in [-0.15, -0.1) is 0 Å². The highest BCUT2D eigenvalue weighted by atomic mass is 19.1. The van der Waals surface area contributed by atoms with E-state index in [1.54, 1.807) is 25.3 Å². The first-order valence-electron chi connectivity index (χ1n) is 9.95. The Morgan fingerprint density at radius 1 is 1.09 bits per heavy atom. The molecule has 0 unspecified atom stereocenters. The standard InChI is InChI=1S/C24H20FN3O5/c1-32-15-9-7-14-8-10-21(33-2)17(16(14)11-15)12-20-23(30)28(24(31)27-20)13-22(29)26-19-6-4-3-5-18(19)25/h3-12H,13H2,1-2H3,(H,26,29)(H,27,31)/b20-12+. The highest BCUT2D eigenvalue weighted by Crippen LogP contribution is 2.33. The molecule has 1 fully saturated rings. The summed E-state index contributed by atoms with van der Waals surface area (Å²) in [5.74, 6) is -0.922. The molecule has 0 spiro atoms. The molecule has 9 heteroatoms. The van der Waals surface area contributed by atoms with Crippen molar-refractivity contribution in [3.63, 3.8) is 0 Å². The molecule has 2 N–H and O–H groups in total. The number of rotatable bonds is 6. The van der Waals surface area contributed by atoms with E-state index in [2.05, 4.69) is 10.6 Å². The van der Waals surface area contributed by atoms with Crippen molar-refractivity contribution in [2.45, 2.75) is 0 Å². The maximum atomic E-state index is 13.8. The van der Waals surface area contributed by atoms with Gasteiger partial charge in [-0.1, -0.05) is 24.3 Å². The number of imide groups is 1. The van der Waals surface area contributed by atoms with Gasteiger partial charge < -0.3 is 20.1 Å². The molecular formula is C24H20FN3O5. The Morgan fingerprint density at radius 3 is 2.58 bits per heavy atom. The minimum Gasteiger partial charge on any atom is -0.497 e. The molecule has 4 rings (SSSR count). The van der Waals surface area contributed by atoms with Crippen molar-refractivity contribution < 1.29 is 28.2 Å². The van der Waals surface area contributed by atoms with Gasteiger partial charge in [0.15, 0.2) is 0 Å². The van der Waals surface area contributed by atoms with Gasteiger partial charge in [-0.25, -0.2) is 14.1 Å². The van der Waals surface area contributed by atoms with Crippen molar-refractivity contribution in [3.05, 3.63) is 71.7 Å². The second-order valence-corrected chi connectivity index (χ2v) is 7.18. The predicted molar refractivity (Wildman–Crippen MR) is 120 cm³/mol. The number of carbonyl (C=O) groups is 3. The molecule has 3 aromatic carbocycles. The molecule has 168 valence electrons. The van der Waals surface area contributed by atoms with E-state index in [0.717, 1.165) is 15.7 Å². The fourth-order valence-electron chi connectivity index (χ4n) is 3.51. The lowest BCUT2D eigenvalue weighted by molar-refractivity contribution is -0.127. The molecule has 1 aliphatic heterocycles. The van der Waals surface area contributed by atoms with Crippen LogP contribution in [-0.4, -0.2) is 43.5 Å². The Labute approximate surface area is 188 Å². The maximum absolute atomic E-state index is 13.8. The lowest BCUT2D eigenvalue weighted by atomic mass is 10.0. The van der Waals surface area contributed by atoms with Crippen molar-refractivity contribution in [2.24, 2.45) is 0 Å². The van der Waals surface area contributed by atoms with Gasteiger partial charge in [0.05, 0.1) is 19.9 Å². The zero-order chi connectivity index (χ0) is 23.5. The lowest BCUT2D eigenvalue weighted by Crippen LogP contribution is -2.38. The van der Waals surface area contributed by atoms with Gasteiger partial charge >= 0.3 is 6.03 Å². The van der Waals surface area contributed by atoms with Crippen molar-refractivity contribution in [3.8, 4) is 11.5 Å². The normalized spacial score (nSPS) is 14.5. The van der Waals surface area contributed by atoms with Gasteiger partial charge in [0, 0.05) is 5.56 Å². The van der Waals surface area contributed by atoms with Gasteiger partial charge in [-0.05, 0) is 47.2 Å². The third kappa shape index (κ3) is 4.33. The molecule has 0 atom stereocenters. The molecule has 4 amide bonds. The number of nitrogens with one attached hydrogen (secondary N) is 2. The Bertz CT molecular complexity index is 1300. The molecule has 0 radical (unpaired) electrons. The minimum absolute atomic E-state index is 0.0210. The van der Waals surface area contributed by atoms with Crippen LogP contribution in [0.5, 0.6) is 11.5 Å². The molecule has 1 aliphatic rings. The summed E-state index contributed by atoms with van der Waals surface area (Å²) in [4.78, 5) is 38.4. The third-order valence-electron chi connectivity index (χ3n) is 5.15. The number of amides is 4. The Kier molecular flexibility index (Phi) is 5.95. The van der Waals surface area contributed by atoms with E-state index in [4.69, 9.17) is 9.47 Å². The van der Waals surface area contributed by atoms with Gasteiger partial charge in [0.1, 0.15) is 29.6 Å². The van der Waals surface area contributed by atoms with E-state index in [1.165, 1.54) is 31.4 Å². The summed E-state index contributed by atoms with van der Waals surface area (Å²) in [6, 6.07) is 13.9. The number of hydrogen-bond acceptors (Lipinski definition) is 5. The number of benzene rings is 3. The molecule has 8 nitrogen and oxygen atoms in total. The molecule has 3 aromatic rings. The topological polar surface area (TPSA) is 97.0 Å². The molecular weight excluding hydrogens is 429 g/mol. The zero-order valence-corrected chi connectivity index (χ0v) is 17.8. The Morgan fingerprint density at radius 2 is 1.85 bits per heavy atom. The van der Waals surface area contributed by atoms with Crippen LogP contribution in [-0.2, 0) is 9.59 Å². The van der Waals surface area contributed by atoms with E-state index in [0.29, 0.717) is 17.1 Å². The predicted octanol–water partition coefficient (Wildman–Crippen LogP) is 3.53. The quantitative estimate of drug-likeness (QED) is 0.443. The van der Waals surface area contributed by atoms with Crippen LogP contribution >= 0.6 is 0 Å². The van der Waals surface area contributed by atoms with E-state index in [-0.39, 0.29) is 11.4 Å². The highest BCUT2D eigenvalue weighted by molar-refractivity contribution is 6.16. The number of nitrogens with zero attached hydrogens (tertiary/aromatic N) is 1. The van der Waals surface area contributed by atoms with E-state index < -0.39 is 30.2 Å². The fraction of sp³-hybridized carbons (Fsp3) is 0.125. The van der Waals surface area contributed by atoms with E-state index >= 15 is 0 Å². The number of halogens is 1. The van der Waals surface area contributed by atoms with Crippen molar-refractivity contribution in [1.29, 1.82) is 0 Å². The number of para-hydroxylation sites is 1. The van der Waals surface area contributed by atoms with Crippen molar-refractivity contribution >= 4 is 40.4 Å². The van der Waals surface area contributed by atoms with Crippen LogP contribution < -0.4 is 20.1 Å². The number of methoxy groups -OCH3 is 2. The molecule has 0 bridgehead atoms. The SMILES string of the molecule is COc1ccc2ccc(OC)c(/C=C3/NC(=O)N(CC(=O)Nc4ccccc4F)C3=O)c2c1. The summed E-state index contributed by atoms with van der Waals surface area (Å²) in [6.45, 7) is -0.573. The fourth-order valence-corrected chi connectivity index (χ4v) is 3.51. The number of fused-ring (bicyclic) bond motifs is 1. The van der Waals surface area contributed by atoms with Gasteiger partial charge in [0.25, 0.3) is 5.91 Å². The summed E-state index contributed by atoms with van der Waals surface area (Å²) >= 11 is 0. The summed E-state index contributed by atoms with van der Waals surface area (Å²) < 4.78 is 24.5. The van der Waals surface area contributed by atoms with E-state index in [1.807, 2.05) is 18.2 Å². The molecule has 0 aromatic heterocycles. The van der Waals surface area contributed by atoms with Crippen LogP contribution in [0.25, 0.3) is 16.8 Å². The van der Waals surface area contributed by atoms with Crippen molar-refractivity contribution in [2.75, 3.05) is 26.1 Å². The first kappa shape index (κ1) is 21.8. The Hall–Kier alpha value is -4.40. The number of anilines is 1. The summed E-state index contributed by atoms with van der Waals surface area (Å²) in [7, 11) is 3.04. The largest absolute Gasteiger partial charge is 0.497 e. The van der Waals surface area contributed by atoms with Crippen LogP contribution in [0.3, 0.4) is 0 Å².